The molecule has 28 heavy (non-hydrogen) atoms. The zero-order valence-corrected chi connectivity index (χ0v) is 19.8. The van der Waals surface area contributed by atoms with Gasteiger partial charge in [0.2, 0.25) is 0 Å². The van der Waals surface area contributed by atoms with Crippen molar-refractivity contribution in [2.45, 2.75) is 136 Å². The minimum Gasteiger partial charge on any atom is -0.321 e. The summed E-state index contributed by atoms with van der Waals surface area (Å²) in [6, 6.07) is 4.71. The molecule has 1 atom stereocenters. The molecule has 1 heteroatoms. The molecule has 0 amide bonds. The third kappa shape index (κ3) is 7.54. The molecule has 0 aliphatic heterocycles. The maximum atomic E-state index is 7.02. The van der Waals surface area contributed by atoms with Crippen molar-refractivity contribution in [2.24, 2.45) is 5.73 Å². The average Bonchev–Trinajstić information content (AvgIpc) is 2.73. The van der Waals surface area contributed by atoms with Crippen molar-refractivity contribution in [3.63, 3.8) is 0 Å². The van der Waals surface area contributed by atoms with Crippen molar-refractivity contribution in [1.82, 2.24) is 0 Å². The zero-order chi connectivity index (χ0) is 20.8. The van der Waals surface area contributed by atoms with Gasteiger partial charge in [-0.05, 0) is 54.4 Å². The lowest BCUT2D eigenvalue weighted by Gasteiger charge is -2.33. The summed E-state index contributed by atoms with van der Waals surface area (Å²) in [6.45, 7) is 11.4. The van der Waals surface area contributed by atoms with Crippen LogP contribution in [0, 0.1) is 0 Å². The maximum absolute atomic E-state index is 7.02. The Balaban J connectivity index is 2.57. The van der Waals surface area contributed by atoms with Crippen molar-refractivity contribution in [3.05, 3.63) is 34.4 Å². The number of hydrogen-bond acceptors (Lipinski definition) is 1. The minimum atomic E-state index is -0.151. The first-order valence-electron chi connectivity index (χ1n) is 12.5. The van der Waals surface area contributed by atoms with E-state index in [1.165, 1.54) is 75.3 Å². The first-order valence-corrected chi connectivity index (χ1v) is 12.5. The van der Waals surface area contributed by atoms with E-state index in [9.17, 15) is 0 Å². The van der Waals surface area contributed by atoms with Crippen LogP contribution in [0.5, 0.6) is 0 Å². The Morgan fingerprint density at radius 1 is 0.643 bits per heavy atom. The SMILES string of the molecule is CCCCCCCCCCCCC(N)(CC)c1ccc(CC)c(CC)c1CC. The average molecular weight is 388 g/mol. The molecule has 0 radical (unpaired) electrons. The van der Waals surface area contributed by atoms with Crippen LogP contribution in [0.25, 0.3) is 0 Å². The lowest BCUT2D eigenvalue weighted by atomic mass is 9.77. The molecule has 1 aromatic carbocycles. The number of rotatable bonds is 16. The molecule has 0 saturated heterocycles. The van der Waals surface area contributed by atoms with E-state index in [2.05, 4.69) is 46.8 Å². The van der Waals surface area contributed by atoms with Crippen molar-refractivity contribution in [3.8, 4) is 0 Å². The molecular formula is C27H49N. The topological polar surface area (TPSA) is 26.0 Å². The van der Waals surface area contributed by atoms with Crippen LogP contribution in [0.3, 0.4) is 0 Å². The molecule has 0 aliphatic carbocycles. The highest BCUT2D eigenvalue weighted by molar-refractivity contribution is 5.44. The van der Waals surface area contributed by atoms with Gasteiger partial charge in [0.15, 0.2) is 0 Å². The summed E-state index contributed by atoms with van der Waals surface area (Å²) in [5.74, 6) is 0. The maximum Gasteiger partial charge on any atom is 0.0409 e. The highest BCUT2D eigenvalue weighted by Gasteiger charge is 2.28. The molecule has 0 saturated carbocycles. The van der Waals surface area contributed by atoms with Gasteiger partial charge in [-0.3, -0.25) is 0 Å². The van der Waals surface area contributed by atoms with Crippen LogP contribution < -0.4 is 5.73 Å². The summed E-state index contributed by atoms with van der Waals surface area (Å²) in [6.07, 6.45) is 19.4. The molecule has 0 heterocycles. The van der Waals surface area contributed by atoms with Crippen molar-refractivity contribution >= 4 is 0 Å². The standard InChI is InChI=1S/C27H49N/c1-6-11-12-13-14-15-16-17-18-19-22-27(28,10-5)26-21-20-23(7-2)24(8-3)25(26)9-4/h20-21H,6-19,22,28H2,1-5H3. The van der Waals surface area contributed by atoms with E-state index in [1.807, 2.05) is 0 Å². The first kappa shape index (κ1) is 25.2. The fraction of sp³-hybridized carbons (Fsp3) is 0.778. The molecule has 162 valence electrons. The van der Waals surface area contributed by atoms with E-state index in [4.69, 9.17) is 5.73 Å². The van der Waals surface area contributed by atoms with Crippen molar-refractivity contribution in [2.75, 3.05) is 0 Å². The lowest BCUT2D eigenvalue weighted by molar-refractivity contribution is 0.369. The molecule has 1 rings (SSSR count). The normalized spacial score (nSPS) is 13.6. The molecule has 0 aliphatic rings. The van der Waals surface area contributed by atoms with Crippen LogP contribution in [0.4, 0.5) is 0 Å². The predicted molar refractivity (Wildman–Crippen MR) is 127 cm³/mol. The van der Waals surface area contributed by atoms with E-state index in [-0.39, 0.29) is 5.54 Å². The summed E-state index contributed by atoms with van der Waals surface area (Å²) >= 11 is 0. The van der Waals surface area contributed by atoms with Crippen LogP contribution in [0.1, 0.15) is 134 Å². The van der Waals surface area contributed by atoms with Gasteiger partial charge in [-0.2, -0.15) is 0 Å². The molecule has 1 aromatic rings. The third-order valence-corrected chi connectivity index (χ3v) is 6.76. The van der Waals surface area contributed by atoms with Gasteiger partial charge in [-0.15, -0.1) is 0 Å². The largest absolute Gasteiger partial charge is 0.321 e. The second-order valence-electron chi connectivity index (χ2n) is 8.73. The molecule has 0 aromatic heterocycles. The summed E-state index contributed by atoms with van der Waals surface area (Å²) < 4.78 is 0. The first-order chi connectivity index (χ1) is 13.6. The van der Waals surface area contributed by atoms with Gasteiger partial charge in [0.05, 0.1) is 0 Å². The van der Waals surface area contributed by atoms with E-state index in [0.717, 1.165) is 32.1 Å². The Bertz CT molecular complexity index is 533. The summed E-state index contributed by atoms with van der Waals surface area (Å²) in [4.78, 5) is 0. The van der Waals surface area contributed by atoms with Crippen LogP contribution in [-0.2, 0) is 24.8 Å². The summed E-state index contributed by atoms with van der Waals surface area (Å²) in [5, 5.41) is 0. The van der Waals surface area contributed by atoms with Gasteiger partial charge >= 0.3 is 0 Å². The monoisotopic (exact) mass is 387 g/mol. The quantitative estimate of drug-likeness (QED) is 0.284. The Morgan fingerprint density at radius 3 is 1.64 bits per heavy atom. The molecule has 0 fully saturated rings. The molecule has 0 bridgehead atoms. The van der Waals surface area contributed by atoms with Crippen LogP contribution in [0.15, 0.2) is 12.1 Å². The molecular weight excluding hydrogens is 338 g/mol. The van der Waals surface area contributed by atoms with Gasteiger partial charge in [0.25, 0.3) is 0 Å². The smallest absolute Gasteiger partial charge is 0.0409 e. The Morgan fingerprint density at radius 2 is 1.18 bits per heavy atom. The summed E-state index contributed by atoms with van der Waals surface area (Å²) in [7, 11) is 0. The Labute approximate surface area is 176 Å². The zero-order valence-electron chi connectivity index (χ0n) is 19.8. The lowest BCUT2D eigenvalue weighted by Crippen LogP contribution is -2.37. The van der Waals surface area contributed by atoms with E-state index < -0.39 is 0 Å². The molecule has 2 N–H and O–H groups in total. The highest BCUT2D eigenvalue weighted by atomic mass is 14.7. The fourth-order valence-corrected chi connectivity index (χ4v) is 4.81. The van der Waals surface area contributed by atoms with Crippen LogP contribution >= 0.6 is 0 Å². The number of benzene rings is 1. The van der Waals surface area contributed by atoms with Crippen molar-refractivity contribution < 1.29 is 0 Å². The van der Waals surface area contributed by atoms with Gasteiger partial charge in [0.1, 0.15) is 0 Å². The Kier molecular flexibility index (Phi) is 12.8. The molecule has 1 nitrogen and oxygen atoms in total. The summed E-state index contributed by atoms with van der Waals surface area (Å²) in [5.41, 5.74) is 12.9. The van der Waals surface area contributed by atoms with Crippen molar-refractivity contribution in [1.29, 1.82) is 0 Å². The fourth-order valence-electron chi connectivity index (χ4n) is 4.81. The number of unbranched alkanes of at least 4 members (excludes halogenated alkanes) is 9. The van der Waals surface area contributed by atoms with Crippen LogP contribution in [-0.4, -0.2) is 0 Å². The van der Waals surface area contributed by atoms with Gasteiger partial charge in [0, 0.05) is 5.54 Å². The Hall–Kier alpha value is -0.820. The number of nitrogens with two attached hydrogens (primary N) is 1. The van der Waals surface area contributed by atoms with E-state index in [0.29, 0.717) is 0 Å². The second-order valence-corrected chi connectivity index (χ2v) is 8.73. The molecule has 1 unspecified atom stereocenters. The molecule has 0 spiro atoms. The van der Waals surface area contributed by atoms with Gasteiger partial charge in [-0.1, -0.05) is 111 Å². The van der Waals surface area contributed by atoms with E-state index >= 15 is 0 Å². The second kappa shape index (κ2) is 14.2. The number of aryl methyl sites for hydroxylation is 1. The third-order valence-electron chi connectivity index (χ3n) is 6.76. The highest BCUT2D eigenvalue weighted by Crippen LogP contribution is 2.34. The minimum absolute atomic E-state index is 0.151. The van der Waals surface area contributed by atoms with Gasteiger partial charge in [-0.25, -0.2) is 0 Å². The van der Waals surface area contributed by atoms with E-state index in [1.54, 1.807) is 11.1 Å². The predicted octanol–water partition coefficient (Wildman–Crippen LogP) is 8.25. The van der Waals surface area contributed by atoms with Gasteiger partial charge < -0.3 is 5.73 Å². The van der Waals surface area contributed by atoms with Crippen LogP contribution in [0.2, 0.25) is 0 Å². The number of hydrogen-bond donors (Lipinski definition) is 1.